The smallest absolute Gasteiger partial charge is 0.136 e. The molecule has 2 heteroatoms. The average Bonchev–Trinajstić information content (AvgIpc) is 2.12. The van der Waals surface area contributed by atoms with E-state index in [9.17, 15) is 4.79 Å². The maximum atomic E-state index is 12.0. The van der Waals surface area contributed by atoms with Gasteiger partial charge in [-0.05, 0) is 31.3 Å². The van der Waals surface area contributed by atoms with Gasteiger partial charge in [0.25, 0.3) is 0 Å². The number of rotatable bonds is 3. The topological polar surface area (TPSA) is 29.1 Å². The van der Waals surface area contributed by atoms with Crippen LogP contribution >= 0.6 is 0 Å². The third-order valence-corrected chi connectivity index (χ3v) is 3.91. The molecule has 2 fully saturated rings. The van der Waals surface area contributed by atoms with Crippen LogP contribution in [-0.2, 0) is 4.79 Å². The first-order chi connectivity index (χ1) is 6.77. The highest BCUT2D eigenvalue weighted by molar-refractivity contribution is 5.81. The van der Waals surface area contributed by atoms with Crippen molar-refractivity contribution in [1.29, 1.82) is 0 Å². The summed E-state index contributed by atoms with van der Waals surface area (Å²) in [7, 11) is 0. The Kier molecular flexibility index (Phi) is 3.22. The second-order valence-electron chi connectivity index (χ2n) is 5.04. The Balaban J connectivity index is 1.82. The van der Waals surface area contributed by atoms with Crippen molar-refractivity contribution in [2.45, 2.75) is 39.0 Å². The summed E-state index contributed by atoms with van der Waals surface area (Å²) >= 11 is 0. The van der Waals surface area contributed by atoms with Gasteiger partial charge in [-0.3, -0.25) is 4.79 Å². The molecule has 2 rings (SSSR count). The van der Waals surface area contributed by atoms with Crippen LogP contribution in [0.1, 0.15) is 39.0 Å². The van der Waals surface area contributed by atoms with Crippen LogP contribution in [0, 0.1) is 17.8 Å². The van der Waals surface area contributed by atoms with E-state index in [1.54, 1.807) is 0 Å². The minimum absolute atomic E-state index is 0.358. The lowest BCUT2D eigenvalue weighted by Gasteiger charge is -2.31. The summed E-state index contributed by atoms with van der Waals surface area (Å²) in [6.45, 7) is 4.27. The second-order valence-corrected chi connectivity index (χ2v) is 5.04. The SMILES string of the molecule is CC1CNCCC1C(=O)CC1CCC1. The van der Waals surface area contributed by atoms with Crippen LogP contribution in [0.25, 0.3) is 0 Å². The molecule has 1 saturated carbocycles. The Bertz CT molecular complexity index is 210. The third-order valence-electron chi connectivity index (χ3n) is 3.91. The predicted molar refractivity (Wildman–Crippen MR) is 57.1 cm³/mol. The normalized spacial score (nSPS) is 33.8. The molecule has 80 valence electrons. The number of carbonyl (C=O) groups is 1. The first kappa shape index (κ1) is 10.2. The molecule has 2 aliphatic rings. The van der Waals surface area contributed by atoms with Gasteiger partial charge in [0.05, 0.1) is 0 Å². The molecule has 1 saturated heterocycles. The Morgan fingerprint density at radius 3 is 2.71 bits per heavy atom. The van der Waals surface area contributed by atoms with E-state index in [0.29, 0.717) is 17.6 Å². The van der Waals surface area contributed by atoms with Crippen molar-refractivity contribution in [1.82, 2.24) is 5.32 Å². The fourth-order valence-electron chi connectivity index (χ4n) is 2.63. The average molecular weight is 195 g/mol. The van der Waals surface area contributed by atoms with E-state index in [2.05, 4.69) is 12.2 Å². The first-order valence-corrected chi connectivity index (χ1v) is 6.01. The second kappa shape index (κ2) is 4.43. The van der Waals surface area contributed by atoms with Gasteiger partial charge in [0, 0.05) is 12.3 Å². The molecule has 1 aliphatic carbocycles. The number of nitrogens with one attached hydrogen (secondary N) is 1. The Morgan fingerprint density at radius 2 is 2.14 bits per heavy atom. The predicted octanol–water partition coefficient (Wildman–Crippen LogP) is 1.99. The van der Waals surface area contributed by atoms with Gasteiger partial charge in [0.15, 0.2) is 0 Å². The van der Waals surface area contributed by atoms with Crippen molar-refractivity contribution in [3.05, 3.63) is 0 Å². The summed E-state index contributed by atoms with van der Waals surface area (Å²) in [4.78, 5) is 12.0. The molecule has 1 N–H and O–H groups in total. The van der Waals surface area contributed by atoms with Crippen LogP contribution in [0.15, 0.2) is 0 Å². The summed E-state index contributed by atoms with van der Waals surface area (Å²) in [5.74, 6) is 2.20. The van der Waals surface area contributed by atoms with Crippen LogP contribution in [-0.4, -0.2) is 18.9 Å². The van der Waals surface area contributed by atoms with Crippen LogP contribution < -0.4 is 5.32 Å². The zero-order valence-corrected chi connectivity index (χ0v) is 9.09. The number of hydrogen-bond donors (Lipinski definition) is 1. The van der Waals surface area contributed by atoms with Gasteiger partial charge >= 0.3 is 0 Å². The van der Waals surface area contributed by atoms with Gasteiger partial charge in [0.1, 0.15) is 5.78 Å². The number of piperidine rings is 1. The molecule has 2 atom stereocenters. The summed E-state index contributed by atoms with van der Waals surface area (Å²) in [5.41, 5.74) is 0. The van der Waals surface area contributed by atoms with Gasteiger partial charge in [-0.1, -0.05) is 26.2 Å². The molecule has 0 aromatic heterocycles. The van der Waals surface area contributed by atoms with Gasteiger partial charge in [-0.15, -0.1) is 0 Å². The Hall–Kier alpha value is -0.370. The quantitative estimate of drug-likeness (QED) is 0.746. The summed E-state index contributed by atoms with van der Waals surface area (Å²) in [5, 5.41) is 3.35. The lowest BCUT2D eigenvalue weighted by Crippen LogP contribution is -2.39. The van der Waals surface area contributed by atoms with E-state index in [1.165, 1.54) is 19.3 Å². The van der Waals surface area contributed by atoms with Crippen molar-refractivity contribution < 1.29 is 4.79 Å². The van der Waals surface area contributed by atoms with Crippen LogP contribution in [0.5, 0.6) is 0 Å². The van der Waals surface area contributed by atoms with E-state index in [1.807, 2.05) is 0 Å². The fourth-order valence-corrected chi connectivity index (χ4v) is 2.63. The standard InChI is InChI=1S/C12H21NO/c1-9-8-13-6-5-11(9)12(14)7-10-3-2-4-10/h9-11,13H,2-8H2,1H3. The molecular weight excluding hydrogens is 174 g/mol. The maximum Gasteiger partial charge on any atom is 0.136 e. The van der Waals surface area contributed by atoms with Crippen molar-refractivity contribution in [3.63, 3.8) is 0 Å². The van der Waals surface area contributed by atoms with Gasteiger partial charge in [0.2, 0.25) is 0 Å². The highest BCUT2D eigenvalue weighted by Crippen LogP contribution is 2.32. The highest BCUT2D eigenvalue weighted by Gasteiger charge is 2.30. The molecule has 1 aliphatic heterocycles. The molecule has 2 nitrogen and oxygen atoms in total. The fraction of sp³-hybridized carbons (Fsp3) is 0.917. The van der Waals surface area contributed by atoms with E-state index in [4.69, 9.17) is 0 Å². The molecular formula is C12H21NO. The van der Waals surface area contributed by atoms with E-state index in [0.717, 1.165) is 31.8 Å². The zero-order valence-electron chi connectivity index (χ0n) is 9.09. The molecule has 0 aromatic rings. The van der Waals surface area contributed by atoms with Gasteiger partial charge in [-0.25, -0.2) is 0 Å². The minimum atomic E-state index is 0.358. The molecule has 14 heavy (non-hydrogen) atoms. The van der Waals surface area contributed by atoms with Gasteiger partial charge < -0.3 is 5.32 Å². The monoisotopic (exact) mass is 195 g/mol. The van der Waals surface area contributed by atoms with Gasteiger partial charge in [-0.2, -0.15) is 0 Å². The van der Waals surface area contributed by atoms with Crippen molar-refractivity contribution >= 4 is 5.78 Å². The first-order valence-electron chi connectivity index (χ1n) is 6.01. The zero-order chi connectivity index (χ0) is 9.97. The lowest BCUT2D eigenvalue weighted by atomic mass is 9.76. The molecule has 0 spiro atoms. The number of hydrogen-bond acceptors (Lipinski definition) is 2. The van der Waals surface area contributed by atoms with E-state index < -0.39 is 0 Å². The largest absolute Gasteiger partial charge is 0.316 e. The van der Waals surface area contributed by atoms with Crippen LogP contribution in [0.2, 0.25) is 0 Å². The number of ketones is 1. The van der Waals surface area contributed by atoms with Crippen LogP contribution in [0.3, 0.4) is 0 Å². The van der Waals surface area contributed by atoms with Crippen molar-refractivity contribution in [2.24, 2.45) is 17.8 Å². The highest BCUT2D eigenvalue weighted by atomic mass is 16.1. The maximum absolute atomic E-state index is 12.0. The number of Topliss-reactive ketones (excluding diaryl/α,β-unsaturated/α-hetero) is 1. The number of carbonyl (C=O) groups excluding carboxylic acids is 1. The third kappa shape index (κ3) is 2.17. The Labute approximate surface area is 86.5 Å². The summed E-state index contributed by atoms with van der Waals surface area (Å²) < 4.78 is 0. The summed E-state index contributed by atoms with van der Waals surface area (Å²) in [6, 6.07) is 0. The van der Waals surface area contributed by atoms with Crippen molar-refractivity contribution in [2.75, 3.05) is 13.1 Å². The van der Waals surface area contributed by atoms with Crippen molar-refractivity contribution in [3.8, 4) is 0 Å². The van der Waals surface area contributed by atoms with E-state index in [-0.39, 0.29) is 0 Å². The van der Waals surface area contributed by atoms with E-state index >= 15 is 0 Å². The molecule has 0 bridgehead atoms. The minimum Gasteiger partial charge on any atom is -0.316 e. The van der Waals surface area contributed by atoms with Crippen LogP contribution in [0.4, 0.5) is 0 Å². The molecule has 0 aromatic carbocycles. The molecule has 0 amide bonds. The lowest BCUT2D eigenvalue weighted by molar-refractivity contribution is -0.126. The molecule has 0 radical (unpaired) electrons. The Morgan fingerprint density at radius 1 is 1.36 bits per heavy atom. The molecule has 2 unspecified atom stereocenters. The summed E-state index contributed by atoms with van der Waals surface area (Å²) in [6.07, 6.45) is 5.87. The molecule has 1 heterocycles.